The summed E-state index contributed by atoms with van der Waals surface area (Å²) in [7, 11) is 0. The summed E-state index contributed by atoms with van der Waals surface area (Å²) in [6.45, 7) is 0. The van der Waals surface area contributed by atoms with Gasteiger partial charge in [0.2, 0.25) is 0 Å². The molecule has 3 atom stereocenters. The molecule has 0 saturated heterocycles. The van der Waals surface area contributed by atoms with Crippen LogP contribution in [0.5, 0.6) is 0 Å². The molecule has 17 heavy (non-hydrogen) atoms. The smallest absolute Gasteiger partial charge is 0.122 e. The van der Waals surface area contributed by atoms with Gasteiger partial charge in [-0.25, -0.2) is 0 Å². The van der Waals surface area contributed by atoms with Crippen molar-refractivity contribution in [1.82, 2.24) is 4.98 Å². The van der Waals surface area contributed by atoms with Crippen molar-refractivity contribution in [3.05, 3.63) is 24.0 Å². The monoisotopic (exact) mass is 247 g/mol. The fraction of sp³-hybridized carbons (Fsp3) is 0.538. The summed E-state index contributed by atoms with van der Waals surface area (Å²) in [4.78, 5) is 4.61. The molecule has 2 fully saturated rings. The van der Waals surface area contributed by atoms with Gasteiger partial charge in [-0.15, -0.1) is 0 Å². The Morgan fingerprint density at radius 2 is 2.24 bits per heavy atom. The maximum Gasteiger partial charge on any atom is 0.122 e. The Hall–Kier alpha value is -1.16. The van der Waals surface area contributed by atoms with Crippen LogP contribution in [0, 0.1) is 11.8 Å². The van der Waals surface area contributed by atoms with Crippen LogP contribution in [0.15, 0.2) is 18.3 Å². The minimum Gasteiger partial charge on any atom is -0.388 e. The zero-order valence-corrected chi connectivity index (χ0v) is 10.5. The number of fused-ring (bicyclic) bond motifs is 2. The molecule has 4 heteroatoms. The number of anilines is 1. The van der Waals surface area contributed by atoms with E-state index in [1.165, 1.54) is 25.7 Å². The van der Waals surface area contributed by atoms with Gasteiger partial charge in [-0.3, -0.25) is 4.98 Å². The van der Waals surface area contributed by atoms with E-state index in [1.807, 2.05) is 18.3 Å². The number of rotatable bonds is 3. The lowest BCUT2D eigenvalue weighted by Crippen LogP contribution is -2.26. The molecule has 1 aromatic heterocycles. The van der Waals surface area contributed by atoms with Crippen molar-refractivity contribution in [1.29, 1.82) is 0 Å². The minimum atomic E-state index is 0.358. The van der Waals surface area contributed by atoms with E-state index in [2.05, 4.69) is 10.3 Å². The van der Waals surface area contributed by atoms with Crippen LogP contribution in [0.2, 0.25) is 0 Å². The summed E-state index contributed by atoms with van der Waals surface area (Å²) >= 11 is 4.89. The minimum absolute atomic E-state index is 0.358. The molecule has 2 aliphatic carbocycles. The van der Waals surface area contributed by atoms with E-state index in [0.717, 1.165) is 17.5 Å². The third-order valence-corrected chi connectivity index (χ3v) is 4.32. The molecule has 2 saturated carbocycles. The Balaban J connectivity index is 1.67. The molecule has 3 rings (SSSR count). The van der Waals surface area contributed by atoms with Gasteiger partial charge in [0.1, 0.15) is 4.99 Å². The molecule has 2 bridgehead atoms. The molecule has 1 heterocycles. The fourth-order valence-electron chi connectivity index (χ4n) is 3.26. The Labute approximate surface area is 107 Å². The highest BCUT2D eigenvalue weighted by molar-refractivity contribution is 7.80. The van der Waals surface area contributed by atoms with Crippen molar-refractivity contribution in [3.63, 3.8) is 0 Å². The molecule has 2 aliphatic rings. The standard InChI is InChI=1S/C13H17N3S/c14-13(17)11-4-3-10(7-15-11)16-12-6-8-1-2-9(12)5-8/h3-4,7-9,12,16H,1-2,5-6H2,(H2,14,17). The molecule has 3 unspecified atom stereocenters. The van der Waals surface area contributed by atoms with Crippen molar-refractivity contribution in [2.24, 2.45) is 17.6 Å². The lowest BCUT2D eigenvalue weighted by atomic mass is 9.95. The highest BCUT2D eigenvalue weighted by Gasteiger charge is 2.39. The van der Waals surface area contributed by atoms with Crippen LogP contribution in [0.1, 0.15) is 31.4 Å². The Bertz CT molecular complexity index is 429. The van der Waals surface area contributed by atoms with E-state index >= 15 is 0 Å². The summed E-state index contributed by atoms with van der Waals surface area (Å²) < 4.78 is 0. The van der Waals surface area contributed by atoms with Gasteiger partial charge < -0.3 is 11.1 Å². The number of hydrogen-bond acceptors (Lipinski definition) is 3. The first-order valence-electron chi connectivity index (χ1n) is 6.25. The van der Waals surface area contributed by atoms with Gasteiger partial charge in [0.05, 0.1) is 17.6 Å². The van der Waals surface area contributed by atoms with E-state index in [-0.39, 0.29) is 0 Å². The Kier molecular flexibility index (Phi) is 2.74. The van der Waals surface area contributed by atoms with Crippen molar-refractivity contribution in [3.8, 4) is 0 Å². The second kappa shape index (κ2) is 4.26. The summed E-state index contributed by atoms with van der Waals surface area (Å²) in [5.41, 5.74) is 7.30. The number of aromatic nitrogens is 1. The number of hydrogen-bond donors (Lipinski definition) is 2. The quantitative estimate of drug-likeness (QED) is 0.805. The first kappa shape index (κ1) is 11.0. The highest BCUT2D eigenvalue weighted by atomic mass is 32.1. The van der Waals surface area contributed by atoms with E-state index in [0.29, 0.717) is 16.7 Å². The van der Waals surface area contributed by atoms with Crippen molar-refractivity contribution in [2.45, 2.75) is 31.7 Å². The van der Waals surface area contributed by atoms with E-state index in [1.54, 1.807) is 0 Å². The topological polar surface area (TPSA) is 50.9 Å². The maximum atomic E-state index is 5.53. The van der Waals surface area contributed by atoms with Gasteiger partial charge in [-0.05, 0) is 43.2 Å². The van der Waals surface area contributed by atoms with Gasteiger partial charge in [0.25, 0.3) is 0 Å². The first-order valence-corrected chi connectivity index (χ1v) is 6.65. The number of nitrogens with zero attached hydrogens (tertiary/aromatic N) is 1. The predicted octanol–water partition coefficient (Wildman–Crippen LogP) is 2.32. The van der Waals surface area contributed by atoms with Crippen molar-refractivity contribution < 1.29 is 0 Å². The number of thiocarbonyl (C=S) groups is 1. The number of nitrogens with two attached hydrogens (primary N) is 1. The zero-order valence-electron chi connectivity index (χ0n) is 9.73. The largest absolute Gasteiger partial charge is 0.388 e. The first-order chi connectivity index (χ1) is 8.22. The molecule has 3 N–H and O–H groups in total. The third kappa shape index (κ3) is 2.14. The molecule has 0 radical (unpaired) electrons. The number of pyridine rings is 1. The molecule has 1 aromatic rings. The van der Waals surface area contributed by atoms with Gasteiger partial charge in [0, 0.05) is 6.04 Å². The molecular formula is C13H17N3S. The summed E-state index contributed by atoms with van der Waals surface area (Å²) in [6, 6.07) is 4.55. The summed E-state index contributed by atoms with van der Waals surface area (Å²) in [5.74, 6) is 1.83. The second-order valence-corrected chi connectivity index (χ2v) is 5.66. The highest BCUT2D eigenvalue weighted by Crippen LogP contribution is 2.45. The molecule has 0 aromatic carbocycles. The van der Waals surface area contributed by atoms with Crippen LogP contribution in [0.4, 0.5) is 5.69 Å². The average molecular weight is 247 g/mol. The SMILES string of the molecule is NC(=S)c1ccc(NC2CC3CCC2C3)cn1. The van der Waals surface area contributed by atoms with Crippen LogP contribution in [0.25, 0.3) is 0 Å². The molecular weight excluding hydrogens is 230 g/mol. The fourth-order valence-corrected chi connectivity index (χ4v) is 3.38. The van der Waals surface area contributed by atoms with Crippen LogP contribution in [-0.2, 0) is 0 Å². The summed E-state index contributed by atoms with van der Waals surface area (Å²) in [6.07, 6.45) is 7.39. The molecule has 0 amide bonds. The lowest BCUT2D eigenvalue weighted by molar-refractivity contribution is 0.439. The molecule has 0 spiro atoms. The van der Waals surface area contributed by atoms with E-state index in [9.17, 15) is 0 Å². The Morgan fingerprint density at radius 3 is 2.76 bits per heavy atom. The second-order valence-electron chi connectivity index (χ2n) is 5.22. The van der Waals surface area contributed by atoms with Crippen molar-refractivity contribution in [2.75, 3.05) is 5.32 Å². The van der Waals surface area contributed by atoms with Gasteiger partial charge in [-0.2, -0.15) is 0 Å². The maximum absolute atomic E-state index is 5.53. The van der Waals surface area contributed by atoms with E-state index < -0.39 is 0 Å². The van der Waals surface area contributed by atoms with Crippen LogP contribution in [0.3, 0.4) is 0 Å². The molecule has 3 nitrogen and oxygen atoms in total. The van der Waals surface area contributed by atoms with Gasteiger partial charge >= 0.3 is 0 Å². The van der Waals surface area contributed by atoms with Crippen LogP contribution < -0.4 is 11.1 Å². The predicted molar refractivity (Wildman–Crippen MR) is 73.0 cm³/mol. The Morgan fingerprint density at radius 1 is 1.35 bits per heavy atom. The van der Waals surface area contributed by atoms with Crippen LogP contribution in [-0.4, -0.2) is 16.0 Å². The van der Waals surface area contributed by atoms with Gasteiger partial charge in [0.15, 0.2) is 0 Å². The van der Waals surface area contributed by atoms with Crippen LogP contribution >= 0.6 is 12.2 Å². The zero-order chi connectivity index (χ0) is 11.8. The molecule has 90 valence electrons. The van der Waals surface area contributed by atoms with Crippen molar-refractivity contribution >= 4 is 22.9 Å². The normalized spacial score (nSPS) is 30.5. The molecule has 0 aliphatic heterocycles. The van der Waals surface area contributed by atoms with Gasteiger partial charge in [-0.1, -0.05) is 18.6 Å². The van der Waals surface area contributed by atoms with E-state index in [4.69, 9.17) is 18.0 Å². The third-order valence-electron chi connectivity index (χ3n) is 4.11. The summed E-state index contributed by atoms with van der Waals surface area (Å²) in [5, 5.41) is 3.59. The lowest BCUT2D eigenvalue weighted by Gasteiger charge is -2.23. The number of nitrogens with one attached hydrogen (secondary N) is 1. The average Bonchev–Trinajstić information content (AvgIpc) is 2.91.